The average molecular weight is 621 g/mol. The molecule has 2 fully saturated rings. The standard InChI is InChI=1S/C26H33N6O8PS/c1-26(35)20(33)17(40-24(26)32-13-28-19-21(32)29-25(27)30-22(19)37-2)12-38-41(36)31-16(23(34)39-15-8-4-5-9-15)11-14-7-3-6-10-18(14)42-41/h3,6-7,10,13,15-17,20,24,33,35H,4-5,8-9,11-12H2,1-2H3,(H,31,36)(H2,27,29,30)/t16-,17-,20-,24-,26-,41-/m1/s1. The van der Waals surface area contributed by atoms with E-state index in [9.17, 15) is 19.6 Å². The highest BCUT2D eigenvalue weighted by Gasteiger charge is 2.54. The number of carbonyl (C=O) groups excluding carboxylic acids is 1. The number of fused-ring (bicyclic) bond motifs is 2. The van der Waals surface area contributed by atoms with E-state index in [1.54, 1.807) is 0 Å². The van der Waals surface area contributed by atoms with Crippen molar-refractivity contribution in [2.24, 2.45) is 0 Å². The number of nitrogen functional groups attached to an aromatic ring is 1. The molecule has 42 heavy (non-hydrogen) atoms. The van der Waals surface area contributed by atoms with Crippen molar-refractivity contribution in [1.29, 1.82) is 0 Å². The number of esters is 1. The lowest BCUT2D eigenvalue weighted by atomic mass is 9.96. The summed E-state index contributed by atoms with van der Waals surface area (Å²) in [6.45, 7) is -2.73. The highest BCUT2D eigenvalue weighted by molar-refractivity contribution is 8.56. The van der Waals surface area contributed by atoms with Crippen LogP contribution in [-0.4, -0.2) is 79.4 Å². The highest BCUT2D eigenvalue weighted by Crippen LogP contribution is 2.62. The molecular formula is C26H33N6O8PS. The molecule has 1 aromatic carbocycles. The number of nitrogens with two attached hydrogens (primary N) is 1. The van der Waals surface area contributed by atoms with E-state index in [4.69, 9.17) is 24.5 Å². The average Bonchev–Trinajstić information content (AvgIpc) is 3.64. The number of imidazole rings is 1. The molecule has 1 saturated heterocycles. The van der Waals surface area contributed by atoms with Crippen LogP contribution in [-0.2, 0) is 29.8 Å². The molecule has 0 radical (unpaired) electrons. The van der Waals surface area contributed by atoms with Crippen LogP contribution in [0.25, 0.3) is 11.2 Å². The van der Waals surface area contributed by atoms with Crippen molar-refractivity contribution in [3.63, 3.8) is 0 Å². The molecule has 2 aliphatic heterocycles. The van der Waals surface area contributed by atoms with Gasteiger partial charge in [0.1, 0.15) is 30.0 Å². The quantitative estimate of drug-likeness (QED) is 0.222. The van der Waals surface area contributed by atoms with Crippen LogP contribution < -0.4 is 15.6 Å². The van der Waals surface area contributed by atoms with Crippen molar-refractivity contribution in [3.8, 4) is 5.88 Å². The summed E-state index contributed by atoms with van der Waals surface area (Å²) in [5, 5.41) is 25.3. The van der Waals surface area contributed by atoms with E-state index in [1.165, 1.54) is 24.9 Å². The van der Waals surface area contributed by atoms with Crippen molar-refractivity contribution >= 4 is 41.2 Å². The maximum absolute atomic E-state index is 14.1. The number of methoxy groups -OCH3 is 1. The molecule has 1 saturated carbocycles. The molecule has 3 aromatic rings. The van der Waals surface area contributed by atoms with E-state index in [-0.39, 0.29) is 42.1 Å². The number of benzene rings is 1. The molecule has 3 aliphatic rings. The molecule has 6 rings (SSSR count). The Morgan fingerprint density at radius 3 is 2.83 bits per heavy atom. The third-order valence-electron chi connectivity index (χ3n) is 7.81. The number of hydrogen-bond acceptors (Lipinski definition) is 13. The lowest BCUT2D eigenvalue weighted by Crippen LogP contribution is -2.44. The fourth-order valence-electron chi connectivity index (χ4n) is 5.60. The van der Waals surface area contributed by atoms with E-state index in [0.29, 0.717) is 4.90 Å². The predicted octanol–water partition coefficient (Wildman–Crippen LogP) is 2.34. The van der Waals surface area contributed by atoms with Crippen molar-refractivity contribution in [1.82, 2.24) is 24.6 Å². The zero-order valence-corrected chi connectivity index (χ0v) is 24.8. The van der Waals surface area contributed by atoms with Gasteiger partial charge in [-0.15, -0.1) is 0 Å². The van der Waals surface area contributed by atoms with Crippen LogP contribution in [0.1, 0.15) is 44.4 Å². The van der Waals surface area contributed by atoms with Gasteiger partial charge in [-0.1, -0.05) is 18.2 Å². The van der Waals surface area contributed by atoms with Gasteiger partial charge >= 0.3 is 12.7 Å². The van der Waals surface area contributed by atoms with Crippen LogP contribution in [0, 0.1) is 0 Å². The first kappa shape index (κ1) is 29.3. The first-order chi connectivity index (χ1) is 20.1. The Morgan fingerprint density at radius 2 is 2.07 bits per heavy atom. The Balaban J connectivity index is 1.22. The van der Waals surface area contributed by atoms with Gasteiger partial charge < -0.3 is 34.7 Å². The fraction of sp³-hybridized carbons (Fsp3) is 0.538. The topological polar surface area (TPSA) is 193 Å². The number of rotatable bonds is 7. The molecule has 6 atom stereocenters. The number of carbonyl (C=O) groups is 1. The number of anilines is 1. The Hall–Kier alpha value is -2.78. The molecule has 226 valence electrons. The summed E-state index contributed by atoms with van der Waals surface area (Å²) in [4.78, 5) is 26.3. The van der Waals surface area contributed by atoms with Crippen molar-refractivity contribution in [3.05, 3.63) is 36.2 Å². The lowest BCUT2D eigenvalue weighted by Gasteiger charge is -2.27. The summed E-state index contributed by atoms with van der Waals surface area (Å²) < 4.78 is 38.5. The van der Waals surface area contributed by atoms with Gasteiger partial charge in [-0.25, -0.2) is 10.1 Å². The zero-order valence-electron chi connectivity index (χ0n) is 23.1. The number of hydrogen-bond donors (Lipinski definition) is 4. The van der Waals surface area contributed by atoms with Gasteiger partial charge in [0.15, 0.2) is 17.4 Å². The van der Waals surface area contributed by atoms with Crippen LogP contribution in [0.4, 0.5) is 5.95 Å². The molecule has 1 aliphatic carbocycles. The summed E-state index contributed by atoms with van der Waals surface area (Å²) in [5.74, 6) is -0.410. The maximum Gasteiger partial charge on any atom is 0.332 e. The Kier molecular flexibility index (Phi) is 7.94. The van der Waals surface area contributed by atoms with Crippen LogP contribution >= 0.6 is 18.1 Å². The van der Waals surface area contributed by atoms with Gasteiger partial charge in [-0.3, -0.25) is 13.9 Å². The van der Waals surface area contributed by atoms with Crippen LogP contribution in [0.2, 0.25) is 0 Å². The largest absolute Gasteiger partial charge is 0.479 e. The van der Waals surface area contributed by atoms with Gasteiger partial charge in [-0.05, 0) is 55.6 Å². The molecule has 0 bridgehead atoms. The third-order valence-corrected chi connectivity index (χ3v) is 11.7. The first-order valence-electron chi connectivity index (χ1n) is 13.7. The number of aliphatic hydroxyl groups excluding tert-OH is 1. The molecule has 14 nitrogen and oxygen atoms in total. The molecule has 4 heterocycles. The molecule has 2 aromatic heterocycles. The number of nitrogens with one attached hydrogen (secondary N) is 1. The Morgan fingerprint density at radius 1 is 1.31 bits per heavy atom. The van der Waals surface area contributed by atoms with Gasteiger partial charge in [0.05, 0.1) is 20.0 Å². The van der Waals surface area contributed by atoms with E-state index in [2.05, 4.69) is 20.0 Å². The van der Waals surface area contributed by atoms with Crippen molar-refractivity contribution < 1.29 is 38.3 Å². The van der Waals surface area contributed by atoms with Gasteiger partial charge in [0.2, 0.25) is 11.8 Å². The number of ether oxygens (including phenoxy) is 3. The predicted molar refractivity (Wildman–Crippen MR) is 152 cm³/mol. The second-order valence-corrected chi connectivity index (χ2v) is 15.0. The van der Waals surface area contributed by atoms with E-state index < -0.39 is 42.8 Å². The van der Waals surface area contributed by atoms with E-state index in [0.717, 1.165) is 42.6 Å². The highest BCUT2D eigenvalue weighted by atomic mass is 32.7. The van der Waals surface area contributed by atoms with E-state index >= 15 is 0 Å². The number of aromatic nitrogens is 4. The van der Waals surface area contributed by atoms with Gasteiger partial charge in [0, 0.05) is 11.3 Å². The monoisotopic (exact) mass is 620 g/mol. The van der Waals surface area contributed by atoms with Crippen molar-refractivity contribution in [2.45, 2.75) is 80.1 Å². The van der Waals surface area contributed by atoms with Crippen LogP contribution in [0.3, 0.4) is 0 Å². The molecular weight excluding hydrogens is 587 g/mol. The first-order valence-corrected chi connectivity index (χ1v) is 16.7. The van der Waals surface area contributed by atoms with Crippen LogP contribution in [0.5, 0.6) is 5.88 Å². The minimum absolute atomic E-state index is 0.0741. The zero-order chi connectivity index (χ0) is 29.6. The Labute approximate surface area is 245 Å². The summed E-state index contributed by atoms with van der Waals surface area (Å²) in [7, 11) is 1.42. The summed E-state index contributed by atoms with van der Waals surface area (Å²) in [6.07, 6.45) is 1.45. The molecule has 16 heteroatoms. The molecule has 5 N–H and O–H groups in total. The summed E-state index contributed by atoms with van der Waals surface area (Å²) in [6, 6.07) is 6.47. The van der Waals surface area contributed by atoms with Gasteiger partial charge in [-0.2, -0.15) is 9.97 Å². The molecule has 0 amide bonds. The SMILES string of the molecule is COc1nc(N)nc2c1ncn2[C@@H]1O[C@H](CO[P@]2(=O)N[C@@H](C(=O)OC3CCCC3)Cc3ccccc3S2)[C@@H](O)[C@@]1(C)O. The second kappa shape index (κ2) is 11.4. The summed E-state index contributed by atoms with van der Waals surface area (Å²) >= 11 is 0.989. The number of aliphatic hydroxyl groups is 2. The molecule has 0 spiro atoms. The molecule has 0 unspecified atom stereocenters. The minimum atomic E-state index is -3.78. The Bertz CT molecular complexity index is 1530. The summed E-state index contributed by atoms with van der Waals surface area (Å²) in [5.41, 5.74) is 5.36. The number of nitrogens with zero attached hydrogens (tertiary/aromatic N) is 4. The van der Waals surface area contributed by atoms with E-state index in [1.807, 2.05) is 24.3 Å². The third kappa shape index (κ3) is 5.50. The smallest absolute Gasteiger partial charge is 0.332 e. The normalized spacial score (nSPS) is 31.6. The van der Waals surface area contributed by atoms with Crippen LogP contribution in [0.15, 0.2) is 35.5 Å². The maximum atomic E-state index is 14.1. The van der Waals surface area contributed by atoms with Gasteiger partial charge in [0.25, 0.3) is 0 Å². The fourth-order valence-corrected chi connectivity index (χ4v) is 9.56. The lowest BCUT2D eigenvalue weighted by molar-refractivity contribution is -0.150. The van der Waals surface area contributed by atoms with Crippen molar-refractivity contribution in [2.75, 3.05) is 19.5 Å². The minimum Gasteiger partial charge on any atom is -0.479 e. The second-order valence-electron chi connectivity index (χ2n) is 10.8.